The van der Waals surface area contributed by atoms with Gasteiger partial charge in [-0.3, -0.25) is 10.3 Å². The average Bonchev–Trinajstić information content (AvgIpc) is 3.55. The van der Waals surface area contributed by atoms with Crippen LogP contribution in [0.5, 0.6) is 0 Å². The van der Waals surface area contributed by atoms with Gasteiger partial charge >= 0.3 is 0 Å². The minimum Gasteiger partial charge on any atom is -0.382 e. The lowest BCUT2D eigenvalue weighted by molar-refractivity contribution is -0.0530. The molecule has 0 aromatic carbocycles. The van der Waals surface area contributed by atoms with E-state index in [0.717, 1.165) is 66.0 Å². The molecule has 216 valence electrons. The van der Waals surface area contributed by atoms with E-state index >= 15 is 0 Å². The summed E-state index contributed by atoms with van der Waals surface area (Å²) in [6.45, 7) is 14.6. The van der Waals surface area contributed by atoms with Crippen molar-refractivity contribution < 1.29 is 14.2 Å². The van der Waals surface area contributed by atoms with Crippen LogP contribution in [0, 0.1) is 5.92 Å². The summed E-state index contributed by atoms with van der Waals surface area (Å²) in [5, 5.41) is 7.11. The summed E-state index contributed by atoms with van der Waals surface area (Å²) >= 11 is 0. The Labute approximate surface area is 237 Å². The number of nitrogens with one attached hydrogen (secondary N) is 2. The molecule has 2 fully saturated rings. The van der Waals surface area contributed by atoms with Gasteiger partial charge in [0.2, 0.25) is 0 Å². The molecule has 0 amide bonds. The fraction of sp³-hybridized carbons (Fsp3) is 0.645. The molecule has 4 N–H and O–H groups in total. The number of aliphatic imine (C=N–C) groups is 1. The number of allylic oxidation sites excluding steroid dienone is 1. The normalized spacial score (nSPS) is 40.3. The fourth-order valence-corrected chi connectivity index (χ4v) is 7.01. The highest BCUT2D eigenvalue weighted by atomic mass is 16.6. The van der Waals surface area contributed by atoms with Crippen LogP contribution in [0.25, 0.3) is 0 Å². The molecule has 4 heterocycles. The molecule has 40 heavy (non-hydrogen) atoms. The van der Waals surface area contributed by atoms with E-state index in [2.05, 4.69) is 60.1 Å². The molecule has 9 nitrogen and oxygen atoms in total. The van der Waals surface area contributed by atoms with Crippen LogP contribution in [0.3, 0.4) is 0 Å². The van der Waals surface area contributed by atoms with Gasteiger partial charge in [0.1, 0.15) is 17.5 Å². The Morgan fingerprint density at radius 2 is 2.12 bits per heavy atom. The maximum atomic E-state index is 6.82. The van der Waals surface area contributed by atoms with Crippen LogP contribution in [-0.4, -0.2) is 66.0 Å². The second kappa shape index (κ2) is 10.8. The fourth-order valence-electron chi connectivity index (χ4n) is 7.01. The second-order valence-electron chi connectivity index (χ2n) is 12.3. The Morgan fingerprint density at radius 1 is 1.27 bits per heavy atom. The van der Waals surface area contributed by atoms with Gasteiger partial charge in [-0.15, -0.1) is 0 Å². The van der Waals surface area contributed by atoms with E-state index in [1.54, 1.807) is 6.33 Å². The molecular weight excluding hydrogens is 504 g/mol. The zero-order valence-electron chi connectivity index (χ0n) is 24.3. The Morgan fingerprint density at radius 3 is 2.90 bits per heavy atom. The summed E-state index contributed by atoms with van der Waals surface area (Å²) in [5.74, 6) is 0.498. The standard InChI is InChI=1S/C31H44N6O3/c1-6-33-29-25-20(4)34-12-8-7-9-18(2)27-26-28(36-17-35-27)30(26,5)38-16-23-21(13-24(32)37-23)14-31(25,29)39-15-22-11-10-19(3)40-22/h6-8,17-19,21-24,34,37H,4,9-16,32H2,1-3,5H3/b8-7+,33-6?/t18?,19?,21-,22?,23?,24?,30?,31?/m1/s1. The molecule has 0 radical (unpaired) electrons. The zero-order valence-corrected chi connectivity index (χ0v) is 24.3. The van der Waals surface area contributed by atoms with Crippen molar-refractivity contribution in [1.29, 1.82) is 0 Å². The minimum atomic E-state index is -0.613. The summed E-state index contributed by atoms with van der Waals surface area (Å²) in [6, 6.07) is 0.0768. The van der Waals surface area contributed by atoms with Crippen molar-refractivity contribution in [2.24, 2.45) is 16.6 Å². The van der Waals surface area contributed by atoms with Gasteiger partial charge in [0.05, 0.1) is 48.7 Å². The molecule has 8 atom stereocenters. The van der Waals surface area contributed by atoms with E-state index in [1.807, 2.05) is 13.1 Å². The van der Waals surface area contributed by atoms with Crippen LogP contribution in [0.15, 0.2) is 47.0 Å². The smallest absolute Gasteiger partial charge is 0.140 e. The third kappa shape index (κ3) is 4.96. The van der Waals surface area contributed by atoms with Crippen molar-refractivity contribution in [2.75, 3.05) is 19.8 Å². The molecule has 2 aliphatic carbocycles. The van der Waals surface area contributed by atoms with E-state index in [9.17, 15) is 0 Å². The third-order valence-electron chi connectivity index (χ3n) is 9.31. The molecule has 3 aliphatic heterocycles. The molecule has 0 spiro atoms. The van der Waals surface area contributed by atoms with Gasteiger partial charge in [-0.25, -0.2) is 9.97 Å². The van der Waals surface area contributed by atoms with Crippen LogP contribution in [0.4, 0.5) is 0 Å². The maximum Gasteiger partial charge on any atom is 0.140 e. The second-order valence-corrected chi connectivity index (χ2v) is 12.3. The topological polar surface area (TPSA) is 116 Å². The molecule has 0 saturated carbocycles. The van der Waals surface area contributed by atoms with Crippen molar-refractivity contribution in [1.82, 2.24) is 20.6 Å². The largest absolute Gasteiger partial charge is 0.382 e. The first-order valence-corrected chi connectivity index (χ1v) is 14.9. The number of ether oxygens (including phenoxy) is 3. The lowest BCUT2D eigenvalue weighted by atomic mass is 9.89. The van der Waals surface area contributed by atoms with Crippen LogP contribution in [-0.2, 0) is 19.8 Å². The average molecular weight is 549 g/mol. The van der Waals surface area contributed by atoms with Crippen LogP contribution in [0.1, 0.15) is 82.7 Å². The highest BCUT2D eigenvalue weighted by Crippen LogP contribution is 2.57. The molecular formula is C31H44N6O3. The van der Waals surface area contributed by atoms with Gasteiger partial charge in [0, 0.05) is 41.6 Å². The Kier molecular flexibility index (Phi) is 7.46. The molecule has 1 aromatic heterocycles. The Hall–Kier alpha value is -2.43. The number of nitrogens with zero attached hydrogens (tertiary/aromatic N) is 3. The predicted molar refractivity (Wildman–Crippen MR) is 155 cm³/mol. The highest BCUT2D eigenvalue weighted by molar-refractivity contribution is 5.68. The highest BCUT2D eigenvalue weighted by Gasteiger charge is 2.59. The molecule has 9 heteroatoms. The van der Waals surface area contributed by atoms with Gasteiger partial charge in [0.15, 0.2) is 0 Å². The number of nitrogens with two attached hydrogens (primary N) is 1. The predicted octanol–water partition coefficient (Wildman–Crippen LogP) is 3.57. The Balaban J connectivity index is 1.28. The van der Waals surface area contributed by atoms with Gasteiger partial charge in [0.25, 0.3) is 0 Å². The number of hydrogen-bond donors (Lipinski definition) is 3. The van der Waals surface area contributed by atoms with Gasteiger partial charge in [-0.05, 0) is 58.8 Å². The molecule has 7 unspecified atom stereocenters. The number of rotatable bonds is 4. The van der Waals surface area contributed by atoms with E-state index in [1.165, 1.54) is 0 Å². The van der Waals surface area contributed by atoms with E-state index in [0.29, 0.717) is 19.8 Å². The zero-order chi connectivity index (χ0) is 28.1. The van der Waals surface area contributed by atoms with Crippen molar-refractivity contribution in [2.45, 2.75) is 101 Å². The van der Waals surface area contributed by atoms with Crippen LogP contribution in [0.2, 0.25) is 0 Å². The summed E-state index contributed by atoms with van der Waals surface area (Å²) in [4.78, 5) is 14.0. The maximum absolute atomic E-state index is 6.82. The van der Waals surface area contributed by atoms with Gasteiger partial charge < -0.3 is 25.3 Å². The monoisotopic (exact) mass is 548 g/mol. The molecule has 2 saturated heterocycles. The molecule has 1 aromatic rings. The summed E-state index contributed by atoms with van der Waals surface area (Å²) < 4.78 is 19.6. The summed E-state index contributed by atoms with van der Waals surface area (Å²) in [6.07, 6.45) is 12.7. The van der Waals surface area contributed by atoms with Crippen LogP contribution < -0.4 is 16.4 Å². The molecule has 6 rings (SSSR count). The number of hydrogen-bond acceptors (Lipinski definition) is 9. The summed E-state index contributed by atoms with van der Waals surface area (Å²) in [5.41, 5.74) is 11.5. The van der Waals surface area contributed by atoms with Crippen molar-refractivity contribution in [3.8, 4) is 0 Å². The first kappa shape index (κ1) is 27.7. The molecule has 5 aliphatic rings. The first-order valence-electron chi connectivity index (χ1n) is 14.9. The first-order chi connectivity index (χ1) is 19.3. The third-order valence-corrected chi connectivity index (χ3v) is 9.31. The lowest BCUT2D eigenvalue weighted by Crippen LogP contribution is -2.41. The van der Waals surface area contributed by atoms with Gasteiger partial charge in [-0.2, -0.15) is 0 Å². The van der Waals surface area contributed by atoms with Crippen molar-refractivity contribution in [3.05, 3.63) is 59.0 Å². The SMILES string of the molecule is C=C1NC/C=C/CC(C)c2ncnc3c2C3(C)OCC2NC(N)C[C@@H]2CC2(OCC3CCC(C)O3)C(N=CC)=C12. The van der Waals surface area contributed by atoms with Crippen molar-refractivity contribution >= 4 is 6.21 Å². The number of fused-ring (bicyclic) bond motifs is 3. The lowest BCUT2D eigenvalue weighted by Gasteiger charge is -2.29. The van der Waals surface area contributed by atoms with Crippen molar-refractivity contribution in [3.63, 3.8) is 0 Å². The van der Waals surface area contributed by atoms with E-state index in [-0.39, 0.29) is 36.3 Å². The van der Waals surface area contributed by atoms with Crippen LogP contribution >= 0.6 is 0 Å². The van der Waals surface area contributed by atoms with Gasteiger partial charge in [-0.1, -0.05) is 25.7 Å². The number of aromatic nitrogens is 2. The van der Waals surface area contributed by atoms with E-state index < -0.39 is 11.2 Å². The Bertz CT molecular complexity index is 1250. The summed E-state index contributed by atoms with van der Waals surface area (Å²) in [7, 11) is 0. The minimum absolute atomic E-state index is 0.0768. The molecule has 0 bridgehead atoms. The quantitative estimate of drug-likeness (QED) is 0.386. The van der Waals surface area contributed by atoms with E-state index in [4.69, 9.17) is 24.9 Å².